The van der Waals surface area contributed by atoms with Crippen LogP contribution < -0.4 is 0 Å². The SMILES string of the molecule is [S]c1n[c]sn1. The number of hydrogen-bond acceptors (Lipinski definition) is 3. The van der Waals surface area contributed by atoms with Crippen LogP contribution in [0.1, 0.15) is 0 Å². The molecule has 0 aliphatic heterocycles. The lowest BCUT2D eigenvalue weighted by Crippen LogP contribution is -1.58. The molecule has 0 unspecified atom stereocenters. The van der Waals surface area contributed by atoms with Crippen LogP contribution in [0.2, 0.25) is 0 Å². The van der Waals surface area contributed by atoms with Crippen LogP contribution in [0.15, 0.2) is 5.16 Å². The second kappa shape index (κ2) is 1.49. The molecule has 0 spiro atoms. The zero-order valence-electron chi connectivity index (χ0n) is 2.71. The van der Waals surface area contributed by atoms with Crippen LogP contribution in [0.25, 0.3) is 0 Å². The van der Waals surface area contributed by atoms with Gasteiger partial charge in [0.05, 0.1) is 0 Å². The summed E-state index contributed by atoms with van der Waals surface area (Å²) in [6.07, 6.45) is 0. The summed E-state index contributed by atoms with van der Waals surface area (Å²) in [4.78, 5) is 3.51. The summed E-state index contributed by atoms with van der Waals surface area (Å²) in [5.74, 6) is 0. The lowest BCUT2D eigenvalue weighted by atomic mass is 11.3. The van der Waals surface area contributed by atoms with Crippen LogP contribution in [0.5, 0.6) is 0 Å². The van der Waals surface area contributed by atoms with Crippen molar-refractivity contribution >= 4 is 24.2 Å². The Bertz CT molecular complexity index is 113. The van der Waals surface area contributed by atoms with Gasteiger partial charge in [0.2, 0.25) is 5.16 Å². The Morgan fingerprint density at radius 2 is 2.67 bits per heavy atom. The molecule has 1 aromatic rings. The van der Waals surface area contributed by atoms with E-state index in [4.69, 9.17) is 0 Å². The summed E-state index contributed by atoms with van der Waals surface area (Å²) >= 11 is 5.65. The highest BCUT2D eigenvalue weighted by atomic mass is 32.1. The maximum atomic E-state index is 4.50. The van der Waals surface area contributed by atoms with Crippen LogP contribution in [0.4, 0.5) is 0 Å². The molecule has 2 nitrogen and oxygen atoms in total. The van der Waals surface area contributed by atoms with Crippen molar-refractivity contribution in [2.75, 3.05) is 0 Å². The van der Waals surface area contributed by atoms with E-state index in [-0.39, 0.29) is 0 Å². The van der Waals surface area contributed by atoms with E-state index < -0.39 is 0 Å². The Morgan fingerprint density at radius 1 is 1.83 bits per heavy atom. The summed E-state index contributed by atoms with van der Waals surface area (Å²) < 4.78 is 3.61. The van der Waals surface area contributed by atoms with E-state index in [0.29, 0.717) is 5.16 Å². The number of hydrogen-bond donors (Lipinski definition) is 0. The van der Waals surface area contributed by atoms with Crippen molar-refractivity contribution in [1.29, 1.82) is 0 Å². The van der Waals surface area contributed by atoms with Gasteiger partial charge in [0.15, 0.2) is 5.51 Å². The van der Waals surface area contributed by atoms with Crippen LogP contribution in [-0.2, 0) is 0 Å². The Kier molecular flexibility index (Phi) is 0.979. The van der Waals surface area contributed by atoms with Gasteiger partial charge in [-0.15, -0.1) is 0 Å². The van der Waals surface area contributed by atoms with Crippen molar-refractivity contribution in [2.45, 2.75) is 5.16 Å². The molecule has 0 aromatic carbocycles. The molecule has 30 valence electrons. The maximum Gasteiger partial charge on any atom is 0.231 e. The predicted molar refractivity (Wildman–Crippen MR) is 24.6 cm³/mol. The number of rotatable bonds is 0. The monoisotopic (exact) mass is 116 g/mol. The third-order valence-corrected chi connectivity index (χ3v) is 1.04. The van der Waals surface area contributed by atoms with Crippen molar-refractivity contribution in [3.8, 4) is 0 Å². The van der Waals surface area contributed by atoms with E-state index in [2.05, 4.69) is 27.5 Å². The fraction of sp³-hybridized carbons (Fsp3) is 0. The first-order chi connectivity index (χ1) is 2.89. The largest absolute Gasteiger partial charge is 0.231 e. The Hall–Kier alpha value is -0.220. The quantitative estimate of drug-likeness (QED) is 0.503. The van der Waals surface area contributed by atoms with E-state index in [1.54, 1.807) is 0 Å². The van der Waals surface area contributed by atoms with Crippen molar-refractivity contribution in [1.82, 2.24) is 9.36 Å². The van der Waals surface area contributed by atoms with Crippen LogP contribution in [-0.4, -0.2) is 9.36 Å². The number of aromatic nitrogens is 2. The third kappa shape index (κ3) is 0.636. The van der Waals surface area contributed by atoms with Crippen LogP contribution >= 0.6 is 24.2 Å². The molecule has 0 aliphatic rings. The van der Waals surface area contributed by atoms with Gasteiger partial charge in [-0.3, -0.25) is 0 Å². The van der Waals surface area contributed by atoms with Gasteiger partial charge in [-0.25, -0.2) is 4.98 Å². The number of nitrogens with zero attached hydrogens (tertiary/aromatic N) is 2. The Labute approximate surface area is 44.8 Å². The van der Waals surface area contributed by atoms with Gasteiger partial charge in [0, 0.05) is 0 Å². The van der Waals surface area contributed by atoms with E-state index in [9.17, 15) is 0 Å². The summed E-state index contributed by atoms with van der Waals surface area (Å²) in [6.45, 7) is 0. The molecular formula is C2N2S2. The van der Waals surface area contributed by atoms with Gasteiger partial charge in [-0.05, 0) is 24.2 Å². The maximum absolute atomic E-state index is 4.50. The fourth-order valence-corrected chi connectivity index (χ4v) is 0.642. The smallest absolute Gasteiger partial charge is 0.202 e. The molecule has 6 heavy (non-hydrogen) atoms. The standard InChI is InChI=1S/C2N2S2/c5-2-3-1-6-4-2. The van der Waals surface area contributed by atoms with Gasteiger partial charge in [0.1, 0.15) is 0 Å². The topological polar surface area (TPSA) is 25.8 Å². The van der Waals surface area contributed by atoms with E-state index >= 15 is 0 Å². The summed E-state index contributed by atoms with van der Waals surface area (Å²) in [5.41, 5.74) is 2.51. The second-order valence-corrected chi connectivity index (χ2v) is 1.58. The summed E-state index contributed by atoms with van der Waals surface area (Å²) in [6, 6.07) is 0. The summed E-state index contributed by atoms with van der Waals surface area (Å²) in [7, 11) is 0. The first-order valence-electron chi connectivity index (χ1n) is 1.26. The van der Waals surface area contributed by atoms with E-state index in [1.807, 2.05) is 0 Å². The molecule has 0 saturated carbocycles. The summed E-state index contributed by atoms with van der Waals surface area (Å²) in [5, 5.41) is 0.389. The first-order valence-corrected chi connectivity index (χ1v) is 2.44. The van der Waals surface area contributed by atoms with Crippen molar-refractivity contribution < 1.29 is 0 Å². The third-order valence-electron chi connectivity index (χ3n) is 0.306. The Morgan fingerprint density at radius 3 is 2.83 bits per heavy atom. The average molecular weight is 116 g/mol. The van der Waals surface area contributed by atoms with E-state index in [1.165, 1.54) is 0 Å². The second-order valence-electron chi connectivity index (χ2n) is 0.668. The zero-order valence-corrected chi connectivity index (χ0v) is 4.34. The zero-order chi connectivity index (χ0) is 4.41. The van der Waals surface area contributed by atoms with Crippen molar-refractivity contribution in [3.63, 3.8) is 0 Å². The molecule has 0 amide bonds. The molecule has 1 rings (SSSR count). The molecule has 0 saturated heterocycles. The minimum Gasteiger partial charge on any atom is -0.202 e. The minimum atomic E-state index is 0.389. The predicted octanol–water partition coefficient (Wildman–Crippen LogP) is 0.895. The van der Waals surface area contributed by atoms with Gasteiger partial charge >= 0.3 is 0 Å². The molecule has 1 aromatic heterocycles. The fourth-order valence-electron chi connectivity index (χ4n) is 0.139. The molecule has 2 radical (unpaired) electrons. The highest BCUT2D eigenvalue weighted by molar-refractivity contribution is 7.80. The molecule has 0 fully saturated rings. The van der Waals surface area contributed by atoms with Crippen LogP contribution in [0.3, 0.4) is 0 Å². The highest BCUT2D eigenvalue weighted by Crippen LogP contribution is 1.94. The molecule has 0 aliphatic carbocycles. The molecular weight excluding hydrogens is 116 g/mol. The highest BCUT2D eigenvalue weighted by Gasteiger charge is 1.82. The normalized spacial score (nSPS) is 8.67. The van der Waals surface area contributed by atoms with E-state index in [0.717, 1.165) is 11.5 Å². The lowest BCUT2D eigenvalue weighted by Gasteiger charge is -1.59. The first kappa shape index (κ1) is 3.95. The molecule has 0 N–H and O–H groups in total. The van der Waals surface area contributed by atoms with Crippen LogP contribution in [0, 0.1) is 5.51 Å². The van der Waals surface area contributed by atoms with Gasteiger partial charge in [-0.1, -0.05) is 0 Å². The van der Waals surface area contributed by atoms with Gasteiger partial charge in [-0.2, -0.15) is 4.37 Å². The Balaban J connectivity index is 3.05. The lowest BCUT2D eigenvalue weighted by molar-refractivity contribution is 1.08. The molecule has 0 bridgehead atoms. The van der Waals surface area contributed by atoms with Gasteiger partial charge < -0.3 is 0 Å². The van der Waals surface area contributed by atoms with Crippen molar-refractivity contribution in [2.24, 2.45) is 0 Å². The molecule has 0 atom stereocenters. The minimum absolute atomic E-state index is 0.389. The molecule has 1 heterocycles. The van der Waals surface area contributed by atoms with Crippen molar-refractivity contribution in [3.05, 3.63) is 5.51 Å². The molecule has 4 heteroatoms. The van der Waals surface area contributed by atoms with Gasteiger partial charge in [0.25, 0.3) is 0 Å². The average Bonchev–Trinajstić information content (AvgIpc) is 1.86.